The maximum absolute atomic E-state index is 13.1. The minimum Gasteiger partial charge on any atom is -0.301 e. The maximum atomic E-state index is 13.1. The highest BCUT2D eigenvalue weighted by molar-refractivity contribution is 6.41. The highest BCUT2D eigenvalue weighted by Crippen LogP contribution is 2.20. The Morgan fingerprint density at radius 2 is 2.20 bits per heavy atom. The Balaban J connectivity index is 2.15. The zero-order valence-electron chi connectivity index (χ0n) is 10.6. The molecule has 5 nitrogen and oxygen atoms in total. The topological polar surface area (TPSA) is 64.0 Å². The summed E-state index contributed by atoms with van der Waals surface area (Å²) in [5.74, 6) is -1.67. The van der Waals surface area contributed by atoms with Crippen molar-refractivity contribution < 1.29 is 14.0 Å². The van der Waals surface area contributed by atoms with Crippen LogP contribution in [0.25, 0.3) is 0 Å². The molecule has 7 heteroatoms. The molecule has 0 radical (unpaired) electrons. The van der Waals surface area contributed by atoms with E-state index in [4.69, 9.17) is 11.6 Å². The molecule has 1 aromatic heterocycles. The van der Waals surface area contributed by atoms with Gasteiger partial charge in [-0.05, 0) is 17.7 Å². The number of Topliss-reactive ketones (excluding diaryl/α,β-unsaturated/α-hetero) is 1. The van der Waals surface area contributed by atoms with E-state index in [0.717, 1.165) is 6.92 Å². The van der Waals surface area contributed by atoms with Crippen molar-refractivity contribution in [1.29, 1.82) is 0 Å². The third-order valence-electron chi connectivity index (χ3n) is 2.50. The van der Waals surface area contributed by atoms with Gasteiger partial charge in [0.25, 0.3) is 5.91 Å². The van der Waals surface area contributed by atoms with Crippen LogP contribution in [0.3, 0.4) is 0 Å². The average Bonchev–Trinajstić information content (AvgIpc) is 2.69. The quantitative estimate of drug-likeness (QED) is 0.880. The number of carbonyl (C=O) groups is 2. The van der Waals surface area contributed by atoms with Gasteiger partial charge in [-0.15, -0.1) is 0 Å². The Labute approximate surface area is 119 Å². The van der Waals surface area contributed by atoms with Crippen LogP contribution in [-0.4, -0.2) is 21.5 Å². The van der Waals surface area contributed by atoms with Crippen molar-refractivity contribution in [2.75, 3.05) is 5.32 Å². The van der Waals surface area contributed by atoms with Gasteiger partial charge in [-0.2, -0.15) is 5.10 Å². The zero-order chi connectivity index (χ0) is 14.7. The molecule has 2 rings (SSSR count). The molecule has 104 valence electrons. The first-order chi connectivity index (χ1) is 9.45. The molecule has 1 amide bonds. The molecule has 0 bridgehead atoms. The number of rotatable bonds is 4. The standard InChI is InChI=1S/C13H11ClFN3O2/c1-8(19)13(20)16-12-11(14)7-18(17-12)6-9-3-2-4-10(15)5-9/h2-5,7H,6H2,1H3,(H,16,17,20). The van der Waals surface area contributed by atoms with Crippen LogP contribution < -0.4 is 5.32 Å². The van der Waals surface area contributed by atoms with E-state index in [9.17, 15) is 14.0 Å². The van der Waals surface area contributed by atoms with E-state index in [1.54, 1.807) is 12.1 Å². The molecular weight excluding hydrogens is 285 g/mol. The first-order valence-corrected chi connectivity index (χ1v) is 6.13. The van der Waals surface area contributed by atoms with E-state index in [-0.39, 0.29) is 16.7 Å². The minimum atomic E-state index is -0.789. The Kier molecular flexibility index (Phi) is 4.14. The fourth-order valence-electron chi connectivity index (χ4n) is 1.58. The number of anilines is 1. The van der Waals surface area contributed by atoms with E-state index < -0.39 is 11.7 Å². The molecule has 1 N–H and O–H groups in total. The number of amides is 1. The average molecular weight is 296 g/mol. The van der Waals surface area contributed by atoms with Crippen LogP contribution >= 0.6 is 11.6 Å². The molecule has 0 aliphatic rings. The molecule has 0 saturated heterocycles. The predicted molar refractivity (Wildman–Crippen MR) is 72.0 cm³/mol. The van der Waals surface area contributed by atoms with Crippen molar-refractivity contribution in [2.45, 2.75) is 13.5 Å². The third-order valence-corrected chi connectivity index (χ3v) is 2.78. The SMILES string of the molecule is CC(=O)C(=O)Nc1nn(Cc2cccc(F)c2)cc1Cl. The van der Waals surface area contributed by atoms with Crippen LogP contribution in [-0.2, 0) is 16.1 Å². The number of aromatic nitrogens is 2. The lowest BCUT2D eigenvalue weighted by atomic mass is 10.2. The molecule has 0 spiro atoms. The van der Waals surface area contributed by atoms with Crippen molar-refractivity contribution in [2.24, 2.45) is 0 Å². The second kappa shape index (κ2) is 5.83. The fraction of sp³-hybridized carbons (Fsp3) is 0.154. The van der Waals surface area contributed by atoms with E-state index in [0.29, 0.717) is 12.1 Å². The summed E-state index contributed by atoms with van der Waals surface area (Å²) >= 11 is 5.91. The first-order valence-electron chi connectivity index (χ1n) is 5.75. The molecule has 20 heavy (non-hydrogen) atoms. The van der Waals surface area contributed by atoms with E-state index in [1.165, 1.54) is 23.0 Å². The Bertz CT molecular complexity index is 669. The lowest BCUT2D eigenvalue weighted by molar-refractivity contribution is -0.133. The van der Waals surface area contributed by atoms with Gasteiger partial charge >= 0.3 is 0 Å². The molecule has 0 aliphatic heterocycles. The Morgan fingerprint density at radius 1 is 1.45 bits per heavy atom. The van der Waals surface area contributed by atoms with E-state index in [2.05, 4.69) is 10.4 Å². The number of hydrogen-bond donors (Lipinski definition) is 1. The third kappa shape index (κ3) is 3.42. The lowest BCUT2D eigenvalue weighted by Gasteiger charge is -2.02. The zero-order valence-corrected chi connectivity index (χ0v) is 11.3. The van der Waals surface area contributed by atoms with Crippen LogP contribution in [0.1, 0.15) is 12.5 Å². The molecule has 0 unspecified atom stereocenters. The normalized spacial score (nSPS) is 10.3. The van der Waals surface area contributed by atoms with Gasteiger partial charge in [0.05, 0.1) is 6.54 Å². The summed E-state index contributed by atoms with van der Waals surface area (Å²) < 4.78 is 14.5. The van der Waals surface area contributed by atoms with Crippen molar-refractivity contribution in [3.05, 3.63) is 46.9 Å². The molecule has 2 aromatic rings. The largest absolute Gasteiger partial charge is 0.301 e. The van der Waals surface area contributed by atoms with Crippen molar-refractivity contribution in [3.63, 3.8) is 0 Å². The Morgan fingerprint density at radius 3 is 2.85 bits per heavy atom. The fourth-order valence-corrected chi connectivity index (χ4v) is 1.78. The number of nitrogens with one attached hydrogen (secondary N) is 1. The molecule has 1 heterocycles. The van der Waals surface area contributed by atoms with Crippen molar-refractivity contribution in [1.82, 2.24) is 9.78 Å². The van der Waals surface area contributed by atoms with Crippen LogP contribution in [0, 0.1) is 5.82 Å². The smallest absolute Gasteiger partial charge is 0.292 e. The van der Waals surface area contributed by atoms with Crippen LogP contribution in [0.5, 0.6) is 0 Å². The molecule has 0 saturated carbocycles. The van der Waals surface area contributed by atoms with Crippen LogP contribution in [0.4, 0.5) is 10.2 Å². The summed E-state index contributed by atoms with van der Waals surface area (Å²) in [7, 11) is 0. The first kappa shape index (κ1) is 14.2. The van der Waals surface area contributed by atoms with E-state index in [1.807, 2.05) is 0 Å². The molecule has 0 aliphatic carbocycles. The summed E-state index contributed by atoms with van der Waals surface area (Å²) in [5.41, 5.74) is 0.702. The summed E-state index contributed by atoms with van der Waals surface area (Å²) in [6, 6.07) is 6.06. The number of halogens is 2. The summed E-state index contributed by atoms with van der Waals surface area (Å²) in [4.78, 5) is 22.1. The van der Waals surface area contributed by atoms with Gasteiger partial charge in [0.15, 0.2) is 5.82 Å². The van der Waals surface area contributed by atoms with Crippen molar-refractivity contribution in [3.8, 4) is 0 Å². The summed E-state index contributed by atoms with van der Waals surface area (Å²) in [6.07, 6.45) is 1.49. The van der Waals surface area contributed by atoms with Gasteiger partial charge in [0, 0.05) is 13.1 Å². The van der Waals surface area contributed by atoms with Gasteiger partial charge in [-0.3, -0.25) is 14.3 Å². The number of hydrogen-bond acceptors (Lipinski definition) is 3. The van der Waals surface area contributed by atoms with Gasteiger partial charge in [-0.25, -0.2) is 4.39 Å². The summed E-state index contributed by atoms with van der Waals surface area (Å²) in [5, 5.41) is 6.54. The van der Waals surface area contributed by atoms with Gasteiger partial charge in [-0.1, -0.05) is 23.7 Å². The lowest BCUT2D eigenvalue weighted by Crippen LogP contribution is -2.20. The van der Waals surface area contributed by atoms with E-state index >= 15 is 0 Å². The predicted octanol–water partition coefficient (Wildman–Crippen LogP) is 2.25. The molecule has 1 aromatic carbocycles. The molecular formula is C13H11ClFN3O2. The number of benzene rings is 1. The highest BCUT2D eigenvalue weighted by atomic mass is 35.5. The molecule has 0 atom stereocenters. The number of nitrogens with zero attached hydrogens (tertiary/aromatic N) is 2. The summed E-state index contributed by atoms with van der Waals surface area (Å²) in [6.45, 7) is 1.44. The van der Waals surface area contributed by atoms with Gasteiger partial charge in [0.1, 0.15) is 10.8 Å². The molecule has 0 fully saturated rings. The van der Waals surface area contributed by atoms with Crippen LogP contribution in [0.15, 0.2) is 30.5 Å². The van der Waals surface area contributed by atoms with Gasteiger partial charge < -0.3 is 5.32 Å². The number of carbonyl (C=O) groups excluding carboxylic acids is 2. The minimum absolute atomic E-state index is 0.100. The number of ketones is 1. The van der Waals surface area contributed by atoms with Crippen molar-refractivity contribution >= 4 is 29.1 Å². The Hall–Kier alpha value is -2.21. The maximum Gasteiger partial charge on any atom is 0.292 e. The monoisotopic (exact) mass is 295 g/mol. The second-order valence-electron chi connectivity index (χ2n) is 4.16. The van der Waals surface area contributed by atoms with Crippen LogP contribution in [0.2, 0.25) is 5.02 Å². The van der Waals surface area contributed by atoms with Gasteiger partial charge in [0.2, 0.25) is 5.78 Å². The highest BCUT2D eigenvalue weighted by Gasteiger charge is 2.13. The second-order valence-corrected chi connectivity index (χ2v) is 4.57.